The molecule has 0 aliphatic carbocycles. The van der Waals surface area contributed by atoms with E-state index in [9.17, 15) is 4.79 Å². The Labute approximate surface area is 94.9 Å². The van der Waals surface area contributed by atoms with Gasteiger partial charge in [0.25, 0.3) is 0 Å². The molecule has 0 radical (unpaired) electrons. The van der Waals surface area contributed by atoms with Gasteiger partial charge in [-0.3, -0.25) is 4.79 Å². The molecule has 0 aromatic heterocycles. The summed E-state index contributed by atoms with van der Waals surface area (Å²) in [4.78, 5) is 11.1. The highest BCUT2D eigenvalue weighted by atomic mass is 16.5. The standard InChI is InChI=1S/C12H15NO3/c1-4-12(14)13-10-5-6-11(16-3)9(7-10)8-15-2/h4-7H,1,8H2,2-3H3,(H,13,14). The number of methoxy groups -OCH3 is 2. The van der Waals surface area contributed by atoms with Gasteiger partial charge in [0, 0.05) is 18.4 Å². The van der Waals surface area contributed by atoms with Crippen LogP contribution >= 0.6 is 0 Å². The van der Waals surface area contributed by atoms with Crippen LogP contribution in [0.5, 0.6) is 5.75 Å². The van der Waals surface area contributed by atoms with E-state index in [1.807, 2.05) is 6.07 Å². The van der Waals surface area contributed by atoms with Gasteiger partial charge in [-0.05, 0) is 24.3 Å². The van der Waals surface area contributed by atoms with Crippen LogP contribution in [0, 0.1) is 0 Å². The molecule has 4 nitrogen and oxygen atoms in total. The number of benzene rings is 1. The number of nitrogens with one attached hydrogen (secondary N) is 1. The Morgan fingerprint density at radius 3 is 2.81 bits per heavy atom. The fourth-order valence-corrected chi connectivity index (χ4v) is 1.32. The van der Waals surface area contributed by atoms with Crippen molar-refractivity contribution in [3.05, 3.63) is 36.4 Å². The second kappa shape index (κ2) is 5.92. The van der Waals surface area contributed by atoms with Crippen molar-refractivity contribution in [2.24, 2.45) is 0 Å². The molecule has 1 N–H and O–H groups in total. The quantitative estimate of drug-likeness (QED) is 0.773. The maximum absolute atomic E-state index is 11.1. The van der Waals surface area contributed by atoms with Crippen molar-refractivity contribution in [2.75, 3.05) is 19.5 Å². The Kier molecular flexibility index (Phi) is 4.54. The average molecular weight is 221 g/mol. The third kappa shape index (κ3) is 3.10. The van der Waals surface area contributed by atoms with Crippen LogP contribution in [-0.2, 0) is 16.1 Å². The monoisotopic (exact) mass is 221 g/mol. The highest BCUT2D eigenvalue weighted by Gasteiger charge is 2.05. The third-order valence-electron chi connectivity index (χ3n) is 2.03. The zero-order valence-corrected chi connectivity index (χ0v) is 9.45. The smallest absolute Gasteiger partial charge is 0.247 e. The molecule has 4 heteroatoms. The molecule has 0 saturated carbocycles. The molecule has 0 saturated heterocycles. The van der Waals surface area contributed by atoms with E-state index in [0.717, 1.165) is 11.3 Å². The van der Waals surface area contributed by atoms with E-state index in [4.69, 9.17) is 9.47 Å². The number of rotatable bonds is 5. The fourth-order valence-electron chi connectivity index (χ4n) is 1.32. The van der Waals surface area contributed by atoms with Crippen molar-refractivity contribution in [2.45, 2.75) is 6.61 Å². The van der Waals surface area contributed by atoms with Crippen LogP contribution < -0.4 is 10.1 Å². The van der Waals surface area contributed by atoms with E-state index in [1.165, 1.54) is 6.08 Å². The van der Waals surface area contributed by atoms with Gasteiger partial charge in [0.2, 0.25) is 5.91 Å². The second-order valence-electron chi connectivity index (χ2n) is 3.15. The molecular weight excluding hydrogens is 206 g/mol. The minimum absolute atomic E-state index is 0.242. The first-order valence-corrected chi connectivity index (χ1v) is 4.80. The van der Waals surface area contributed by atoms with Crippen molar-refractivity contribution in [1.29, 1.82) is 0 Å². The third-order valence-corrected chi connectivity index (χ3v) is 2.03. The van der Waals surface area contributed by atoms with Crippen LogP contribution in [0.2, 0.25) is 0 Å². The van der Waals surface area contributed by atoms with Crippen LogP contribution in [-0.4, -0.2) is 20.1 Å². The molecule has 1 aromatic carbocycles. The van der Waals surface area contributed by atoms with Crippen molar-refractivity contribution >= 4 is 11.6 Å². The number of hydrogen-bond donors (Lipinski definition) is 1. The molecule has 1 amide bonds. The molecule has 0 aliphatic rings. The minimum atomic E-state index is -0.242. The zero-order valence-electron chi connectivity index (χ0n) is 9.45. The van der Waals surface area contributed by atoms with E-state index >= 15 is 0 Å². The first kappa shape index (κ1) is 12.3. The zero-order chi connectivity index (χ0) is 12.0. The SMILES string of the molecule is C=CC(=O)Nc1ccc(OC)c(COC)c1. The van der Waals surface area contributed by atoms with Crippen LogP contribution in [0.3, 0.4) is 0 Å². The van der Waals surface area contributed by atoms with Gasteiger partial charge >= 0.3 is 0 Å². The summed E-state index contributed by atoms with van der Waals surface area (Å²) in [5, 5.41) is 2.67. The number of hydrogen-bond acceptors (Lipinski definition) is 3. The van der Waals surface area contributed by atoms with Gasteiger partial charge in [0.05, 0.1) is 13.7 Å². The van der Waals surface area contributed by atoms with Gasteiger partial charge in [-0.1, -0.05) is 6.58 Å². The van der Waals surface area contributed by atoms with Crippen LogP contribution in [0.15, 0.2) is 30.9 Å². The van der Waals surface area contributed by atoms with Gasteiger partial charge in [-0.15, -0.1) is 0 Å². The Bertz CT molecular complexity index is 388. The molecule has 0 heterocycles. The molecular formula is C12H15NO3. The maximum atomic E-state index is 11.1. The summed E-state index contributed by atoms with van der Waals surface area (Å²) in [6, 6.07) is 5.36. The first-order valence-electron chi connectivity index (χ1n) is 4.80. The number of amides is 1. The lowest BCUT2D eigenvalue weighted by atomic mass is 10.2. The van der Waals surface area contributed by atoms with E-state index in [2.05, 4.69) is 11.9 Å². The fraction of sp³-hybridized carbons (Fsp3) is 0.250. The van der Waals surface area contributed by atoms with Crippen molar-refractivity contribution in [1.82, 2.24) is 0 Å². The van der Waals surface area contributed by atoms with Gasteiger partial charge in [-0.25, -0.2) is 0 Å². The number of anilines is 1. The Morgan fingerprint density at radius 1 is 1.50 bits per heavy atom. The number of carbonyl (C=O) groups excluding carboxylic acids is 1. The van der Waals surface area contributed by atoms with E-state index in [-0.39, 0.29) is 5.91 Å². The molecule has 16 heavy (non-hydrogen) atoms. The van der Waals surface area contributed by atoms with Gasteiger partial charge in [0.1, 0.15) is 5.75 Å². The molecule has 86 valence electrons. The van der Waals surface area contributed by atoms with E-state index in [1.54, 1.807) is 26.4 Å². The predicted molar refractivity (Wildman–Crippen MR) is 62.5 cm³/mol. The highest BCUT2D eigenvalue weighted by Crippen LogP contribution is 2.23. The van der Waals surface area contributed by atoms with Crippen molar-refractivity contribution in [3.8, 4) is 5.75 Å². The van der Waals surface area contributed by atoms with Gasteiger partial charge < -0.3 is 14.8 Å². The Morgan fingerprint density at radius 2 is 2.25 bits per heavy atom. The Hall–Kier alpha value is -1.81. The van der Waals surface area contributed by atoms with Crippen LogP contribution in [0.4, 0.5) is 5.69 Å². The second-order valence-corrected chi connectivity index (χ2v) is 3.15. The molecule has 0 atom stereocenters. The highest BCUT2D eigenvalue weighted by molar-refractivity contribution is 5.98. The molecule has 0 unspecified atom stereocenters. The first-order chi connectivity index (χ1) is 7.71. The lowest BCUT2D eigenvalue weighted by Gasteiger charge is -2.10. The summed E-state index contributed by atoms with van der Waals surface area (Å²) < 4.78 is 10.2. The molecule has 0 fully saturated rings. The van der Waals surface area contributed by atoms with Crippen molar-refractivity contribution in [3.63, 3.8) is 0 Å². The molecule has 0 spiro atoms. The topological polar surface area (TPSA) is 47.6 Å². The van der Waals surface area contributed by atoms with Crippen LogP contribution in [0.25, 0.3) is 0 Å². The lowest BCUT2D eigenvalue weighted by molar-refractivity contribution is -0.111. The molecule has 1 rings (SSSR count). The molecule has 1 aromatic rings. The number of carbonyl (C=O) groups is 1. The van der Waals surface area contributed by atoms with E-state index in [0.29, 0.717) is 12.3 Å². The summed E-state index contributed by atoms with van der Waals surface area (Å²) in [5.41, 5.74) is 1.57. The minimum Gasteiger partial charge on any atom is -0.496 e. The van der Waals surface area contributed by atoms with Gasteiger partial charge in [0.15, 0.2) is 0 Å². The summed E-state index contributed by atoms with van der Waals surface area (Å²) in [5.74, 6) is 0.493. The van der Waals surface area contributed by atoms with Crippen molar-refractivity contribution < 1.29 is 14.3 Å². The van der Waals surface area contributed by atoms with Crippen LogP contribution in [0.1, 0.15) is 5.56 Å². The predicted octanol–water partition coefficient (Wildman–Crippen LogP) is 1.97. The summed E-state index contributed by atoms with van der Waals surface area (Å²) >= 11 is 0. The summed E-state index contributed by atoms with van der Waals surface area (Å²) in [6.07, 6.45) is 1.22. The number of ether oxygens (including phenoxy) is 2. The molecule has 0 aliphatic heterocycles. The average Bonchev–Trinajstić information content (AvgIpc) is 2.30. The summed E-state index contributed by atoms with van der Waals surface area (Å²) in [6.45, 7) is 3.82. The summed E-state index contributed by atoms with van der Waals surface area (Å²) in [7, 11) is 3.20. The lowest BCUT2D eigenvalue weighted by Crippen LogP contribution is -2.07. The van der Waals surface area contributed by atoms with Gasteiger partial charge in [-0.2, -0.15) is 0 Å². The largest absolute Gasteiger partial charge is 0.496 e. The van der Waals surface area contributed by atoms with E-state index < -0.39 is 0 Å². The molecule has 0 bridgehead atoms. The Balaban J connectivity index is 2.92. The normalized spacial score (nSPS) is 9.62. The maximum Gasteiger partial charge on any atom is 0.247 e.